The molecule has 0 saturated carbocycles. The zero-order valence-corrected chi connectivity index (χ0v) is 15.6. The monoisotopic (exact) mass is 360 g/mol. The van der Waals surface area contributed by atoms with E-state index in [9.17, 15) is 0 Å². The van der Waals surface area contributed by atoms with Crippen LogP contribution in [0.1, 0.15) is 25.2 Å². The van der Waals surface area contributed by atoms with Gasteiger partial charge in [-0.05, 0) is 31.0 Å². The van der Waals surface area contributed by atoms with Gasteiger partial charge in [-0.1, -0.05) is 25.4 Å². The van der Waals surface area contributed by atoms with E-state index >= 15 is 0 Å². The summed E-state index contributed by atoms with van der Waals surface area (Å²) >= 11 is 6.46. The highest BCUT2D eigenvalue weighted by atomic mass is 35.5. The first kappa shape index (κ1) is 18.0. The van der Waals surface area contributed by atoms with Gasteiger partial charge in [0.25, 0.3) is 0 Å². The van der Waals surface area contributed by atoms with Crippen molar-refractivity contribution in [3.8, 4) is 17.0 Å². The van der Waals surface area contributed by atoms with Gasteiger partial charge >= 0.3 is 0 Å². The Morgan fingerprint density at radius 2 is 2.04 bits per heavy atom. The summed E-state index contributed by atoms with van der Waals surface area (Å²) in [5, 5.41) is 4.05. The van der Waals surface area contributed by atoms with Gasteiger partial charge in [-0.3, -0.25) is 0 Å². The predicted molar refractivity (Wildman–Crippen MR) is 100 cm³/mol. The fourth-order valence-electron chi connectivity index (χ4n) is 2.87. The third-order valence-electron chi connectivity index (χ3n) is 4.26. The molecule has 1 N–H and O–H groups in total. The van der Waals surface area contributed by atoms with Crippen LogP contribution in [0.4, 0.5) is 5.82 Å². The normalized spacial score (nSPS) is 16.9. The summed E-state index contributed by atoms with van der Waals surface area (Å²) in [5.41, 5.74) is 3.57. The first-order valence-electron chi connectivity index (χ1n) is 8.57. The molecule has 5 nitrogen and oxygen atoms in total. The Balaban J connectivity index is 2.01. The molecule has 1 atom stereocenters. The number of benzene rings is 1. The quantitative estimate of drug-likeness (QED) is 0.845. The van der Waals surface area contributed by atoms with Gasteiger partial charge in [-0.2, -0.15) is 0 Å². The summed E-state index contributed by atoms with van der Waals surface area (Å²) in [7, 11) is 1.63. The van der Waals surface area contributed by atoms with Crippen LogP contribution in [0.5, 0.6) is 5.75 Å². The Hall–Kier alpha value is -1.85. The minimum atomic E-state index is 0.180. The molecular formula is C19H23ClN3O2. The average molecular weight is 361 g/mol. The average Bonchev–Trinajstić information content (AvgIpc) is 3.14. The van der Waals surface area contributed by atoms with Crippen molar-refractivity contribution in [1.29, 1.82) is 0 Å². The maximum Gasteiger partial charge on any atom is 0.148 e. The molecule has 1 radical (unpaired) electrons. The van der Waals surface area contributed by atoms with Crippen LogP contribution in [0.2, 0.25) is 5.02 Å². The first-order valence-corrected chi connectivity index (χ1v) is 8.95. The zero-order chi connectivity index (χ0) is 17.8. The minimum absolute atomic E-state index is 0.180. The second-order valence-electron chi connectivity index (χ2n) is 5.89. The van der Waals surface area contributed by atoms with Gasteiger partial charge in [0.1, 0.15) is 11.6 Å². The predicted octanol–water partition coefficient (Wildman–Crippen LogP) is 3.95. The number of aromatic nitrogens is 2. The number of nitrogens with zero attached hydrogens (tertiary/aromatic N) is 2. The topological polar surface area (TPSA) is 56.3 Å². The molecule has 1 aliphatic heterocycles. The lowest BCUT2D eigenvalue weighted by Crippen LogP contribution is -2.22. The Morgan fingerprint density at radius 3 is 2.64 bits per heavy atom. The fraction of sp³-hybridized carbons (Fsp3) is 0.421. The molecule has 3 rings (SSSR count). The lowest BCUT2D eigenvalue weighted by atomic mass is 10.1. The number of nitrogens with one attached hydrogen (secondary N) is 1. The highest BCUT2D eigenvalue weighted by Gasteiger charge is 2.20. The summed E-state index contributed by atoms with van der Waals surface area (Å²) in [4.78, 5) is 9.73. The Kier molecular flexibility index (Phi) is 5.76. The van der Waals surface area contributed by atoms with E-state index in [1.54, 1.807) is 13.2 Å². The van der Waals surface area contributed by atoms with Crippen molar-refractivity contribution in [2.75, 3.05) is 25.6 Å². The summed E-state index contributed by atoms with van der Waals surface area (Å²) in [5.74, 6) is 1.56. The maximum absolute atomic E-state index is 6.46. The molecule has 0 unspecified atom stereocenters. The van der Waals surface area contributed by atoms with E-state index in [0.717, 1.165) is 47.1 Å². The van der Waals surface area contributed by atoms with Crippen molar-refractivity contribution in [3.63, 3.8) is 0 Å². The molecule has 0 amide bonds. The number of methoxy groups -OCH3 is 1. The van der Waals surface area contributed by atoms with Crippen molar-refractivity contribution < 1.29 is 9.47 Å². The lowest BCUT2D eigenvalue weighted by Gasteiger charge is -2.18. The molecule has 1 fully saturated rings. The first-order chi connectivity index (χ1) is 12.2. The van der Waals surface area contributed by atoms with Gasteiger partial charge in [-0.15, -0.1) is 0 Å². The molecule has 0 aliphatic carbocycles. The molecule has 25 heavy (non-hydrogen) atoms. The largest absolute Gasteiger partial charge is 0.497 e. The fourth-order valence-corrected chi connectivity index (χ4v) is 3.13. The van der Waals surface area contributed by atoms with Crippen molar-refractivity contribution in [2.45, 2.75) is 32.7 Å². The van der Waals surface area contributed by atoms with E-state index in [2.05, 4.69) is 25.6 Å². The van der Waals surface area contributed by atoms with Crippen LogP contribution in [0.3, 0.4) is 0 Å². The highest BCUT2D eigenvalue weighted by Crippen LogP contribution is 2.33. The minimum Gasteiger partial charge on any atom is -0.497 e. The van der Waals surface area contributed by atoms with Crippen LogP contribution in [0, 0.1) is 6.42 Å². The highest BCUT2D eigenvalue weighted by molar-refractivity contribution is 6.33. The van der Waals surface area contributed by atoms with Gasteiger partial charge in [-0.25, -0.2) is 9.97 Å². The zero-order valence-electron chi connectivity index (χ0n) is 14.8. The number of halogens is 1. The van der Waals surface area contributed by atoms with Crippen LogP contribution < -0.4 is 10.1 Å². The van der Waals surface area contributed by atoms with Crippen LogP contribution in [-0.4, -0.2) is 36.3 Å². The number of rotatable bonds is 6. The van der Waals surface area contributed by atoms with Gasteiger partial charge in [0.05, 0.1) is 48.5 Å². The van der Waals surface area contributed by atoms with Gasteiger partial charge in [0, 0.05) is 12.0 Å². The van der Waals surface area contributed by atoms with Crippen LogP contribution in [0.25, 0.3) is 11.3 Å². The molecule has 6 heteroatoms. The molecule has 0 spiro atoms. The van der Waals surface area contributed by atoms with Crippen LogP contribution >= 0.6 is 11.6 Å². The van der Waals surface area contributed by atoms with Crippen molar-refractivity contribution >= 4 is 17.4 Å². The molecule has 0 bridgehead atoms. The SMILES string of the molecule is CCc1nc(-c2ccc(OC)cc2Cl)c(CC)nc1N[C@@H]1[CH]COC1. The lowest BCUT2D eigenvalue weighted by molar-refractivity contribution is 0.200. The molecular weight excluding hydrogens is 338 g/mol. The summed E-state index contributed by atoms with van der Waals surface area (Å²) in [6.07, 6.45) is 3.67. The van der Waals surface area contributed by atoms with E-state index in [1.165, 1.54) is 0 Å². The molecule has 1 aromatic carbocycles. The Morgan fingerprint density at radius 1 is 1.24 bits per heavy atom. The summed E-state index contributed by atoms with van der Waals surface area (Å²) in [6.45, 7) is 5.49. The van der Waals surface area contributed by atoms with Gasteiger partial charge in [0.15, 0.2) is 0 Å². The standard InChI is InChI=1S/C19H23ClN3O2/c1-4-16-18(14-7-6-13(24-3)10-15(14)20)22-17(5-2)19(23-16)21-12-8-9-25-11-12/h6-8,10,12H,4-5,9,11H2,1-3H3,(H,21,23)/t12-/m1/s1. The maximum atomic E-state index is 6.46. The molecule has 1 saturated heterocycles. The number of anilines is 1. The van der Waals surface area contributed by atoms with E-state index < -0.39 is 0 Å². The van der Waals surface area contributed by atoms with E-state index in [4.69, 9.17) is 31.0 Å². The van der Waals surface area contributed by atoms with Crippen LogP contribution in [-0.2, 0) is 17.6 Å². The third-order valence-corrected chi connectivity index (χ3v) is 4.57. The smallest absolute Gasteiger partial charge is 0.148 e. The van der Waals surface area contributed by atoms with Gasteiger partial charge in [0.2, 0.25) is 0 Å². The Labute approximate surface area is 153 Å². The number of hydrogen-bond donors (Lipinski definition) is 1. The molecule has 2 heterocycles. The number of ether oxygens (including phenoxy) is 2. The summed E-state index contributed by atoms with van der Waals surface area (Å²) < 4.78 is 10.6. The number of hydrogen-bond acceptors (Lipinski definition) is 5. The van der Waals surface area contributed by atoms with Crippen molar-refractivity contribution in [3.05, 3.63) is 41.0 Å². The van der Waals surface area contributed by atoms with E-state index in [0.29, 0.717) is 18.2 Å². The van der Waals surface area contributed by atoms with E-state index in [-0.39, 0.29) is 6.04 Å². The molecule has 133 valence electrons. The van der Waals surface area contributed by atoms with Crippen molar-refractivity contribution in [1.82, 2.24) is 9.97 Å². The number of aryl methyl sites for hydroxylation is 2. The molecule has 2 aromatic rings. The molecule has 1 aliphatic rings. The Bertz CT molecular complexity index is 746. The second-order valence-corrected chi connectivity index (χ2v) is 6.30. The van der Waals surface area contributed by atoms with Gasteiger partial charge < -0.3 is 14.8 Å². The summed E-state index contributed by atoms with van der Waals surface area (Å²) in [6, 6.07) is 5.82. The van der Waals surface area contributed by atoms with E-state index in [1.807, 2.05) is 12.1 Å². The van der Waals surface area contributed by atoms with Crippen LogP contribution in [0.15, 0.2) is 18.2 Å². The van der Waals surface area contributed by atoms with Crippen molar-refractivity contribution in [2.24, 2.45) is 0 Å². The second kappa shape index (κ2) is 8.02. The third kappa shape index (κ3) is 3.88. The molecule has 1 aromatic heterocycles.